The summed E-state index contributed by atoms with van der Waals surface area (Å²) in [4.78, 5) is 35.2. The van der Waals surface area contributed by atoms with Gasteiger partial charge in [0.25, 0.3) is 5.56 Å². The number of carbonyl (C=O) groups excluding carboxylic acids is 1. The van der Waals surface area contributed by atoms with E-state index >= 15 is 0 Å². The second kappa shape index (κ2) is 7.76. The molecule has 0 radical (unpaired) electrons. The van der Waals surface area contributed by atoms with Crippen LogP contribution in [0.4, 0.5) is 0 Å². The molecule has 0 aromatic carbocycles. The number of thiophene rings is 1. The maximum Gasteiger partial charge on any atom is 0.330 e. The Labute approximate surface area is 148 Å². The fourth-order valence-corrected chi connectivity index (χ4v) is 4.08. The molecule has 0 fully saturated rings. The quantitative estimate of drug-likeness (QED) is 0.641. The third-order valence-corrected chi connectivity index (χ3v) is 6.35. The van der Waals surface area contributed by atoms with Gasteiger partial charge in [0.05, 0.1) is 6.54 Å². The maximum absolute atomic E-state index is 11.9. The Balaban J connectivity index is 1.88. The number of nitrogens with zero attached hydrogens (tertiary/aromatic N) is 2. The molecule has 0 aliphatic rings. The highest BCUT2D eigenvalue weighted by Crippen LogP contribution is 2.14. The van der Waals surface area contributed by atoms with Gasteiger partial charge in [0, 0.05) is 38.8 Å². The van der Waals surface area contributed by atoms with Crippen LogP contribution in [0.15, 0.2) is 37.4 Å². The van der Waals surface area contributed by atoms with E-state index in [1.807, 2.05) is 0 Å². The summed E-state index contributed by atoms with van der Waals surface area (Å²) in [5, 5.41) is 4.20. The molecule has 0 spiro atoms. The Bertz CT molecular complexity index is 974. The number of hydrogen-bond donors (Lipinski definition) is 2. The first kappa shape index (κ1) is 19.1. The van der Waals surface area contributed by atoms with E-state index in [1.165, 1.54) is 30.8 Å². The van der Waals surface area contributed by atoms with Crippen molar-refractivity contribution in [3.05, 3.63) is 50.1 Å². The summed E-state index contributed by atoms with van der Waals surface area (Å²) < 4.78 is 28.5. The summed E-state index contributed by atoms with van der Waals surface area (Å²) in [6, 6.07) is 4.37. The second-order valence-electron chi connectivity index (χ2n) is 5.23. The minimum atomic E-state index is -3.60. The summed E-state index contributed by atoms with van der Waals surface area (Å²) in [5.41, 5.74) is -0.586. The van der Waals surface area contributed by atoms with E-state index in [4.69, 9.17) is 0 Å². The van der Waals surface area contributed by atoms with Gasteiger partial charge in [-0.05, 0) is 11.4 Å². The summed E-state index contributed by atoms with van der Waals surface area (Å²) in [6.07, 6.45) is -0.0661. The molecule has 11 heteroatoms. The first-order valence-corrected chi connectivity index (χ1v) is 9.64. The van der Waals surface area contributed by atoms with Gasteiger partial charge in [0.15, 0.2) is 0 Å². The topological polar surface area (TPSA) is 119 Å². The number of rotatable bonds is 7. The smallest absolute Gasteiger partial charge is 0.330 e. The third-order valence-electron chi connectivity index (χ3n) is 3.50. The Morgan fingerprint density at radius 3 is 2.60 bits per heavy atom. The molecule has 2 aromatic heterocycles. The second-order valence-corrected chi connectivity index (χ2v) is 8.17. The highest BCUT2D eigenvalue weighted by atomic mass is 32.2. The van der Waals surface area contributed by atoms with E-state index in [-0.39, 0.29) is 23.7 Å². The zero-order valence-corrected chi connectivity index (χ0v) is 15.3. The van der Waals surface area contributed by atoms with Gasteiger partial charge in [-0.1, -0.05) is 6.07 Å². The first-order valence-electron chi connectivity index (χ1n) is 7.28. The minimum Gasteiger partial charge on any atom is -0.350 e. The number of nitrogens with one attached hydrogen (secondary N) is 2. The fourth-order valence-electron chi connectivity index (χ4n) is 2.01. The Kier molecular flexibility index (Phi) is 5.93. The molecule has 0 bridgehead atoms. The van der Waals surface area contributed by atoms with Crippen LogP contribution in [-0.2, 0) is 35.5 Å². The van der Waals surface area contributed by atoms with Crippen molar-refractivity contribution in [3.8, 4) is 0 Å². The molecular weight excluding hydrogens is 368 g/mol. The molecule has 0 atom stereocenters. The summed E-state index contributed by atoms with van der Waals surface area (Å²) in [5.74, 6) is -0.401. The number of aromatic nitrogens is 2. The Morgan fingerprint density at radius 1 is 1.24 bits per heavy atom. The van der Waals surface area contributed by atoms with E-state index in [9.17, 15) is 22.8 Å². The van der Waals surface area contributed by atoms with E-state index in [0.717, 1.165) is 15.9 Å². The van der Waals surface area contributed by atoms with Crippen LogP contribution in [0.5, 0.6) is 0 Å². The summed E-state index contributed by atoms with van der Waals surface area (Å²) in [7, 11) is -0.737. The van der Waals surface area contributed by atoms with Crippen molar-refractivity contribution in [2.45, 2.75) is 17.2 Å². The maximum atomic E-state index is 11.9. The highest BCUT2D eigenvalue weighted by molar-refractivity contribution is 7.91. The average molecular weight is 386 g/mol. The number of sulfonamides is 1. The number of hydrogen-bond acceptors (Lipinski definition) is 6. The van der Waals surface area contributed by atoms with Crippen LogP contribution in [0.1, 0.15) is 12.1 Å². The Morgan fingerprint density at radius 2 is 1.96 bits per heavy atom. The highest BCUT2D eigenvalue weighted by Gasteiger charge is 2.15. The first-order chi connectivity index (χ1) is 11.7. The van der Waals surface area contributed by atoms with Gasteiger partial charge in [-0.3, -0.25) is 18.7 Å². The van der Waals surface area contributed by atoms with Crippen molar-refractivity contribution in [2.24, 2.45) is 14.1 Å². The molecule has 0 unspecified atom stereocenters. The fraction of sp³-hybridized carbons (Fsp3) is 0.357. The van der Waals surface area contributed by atoms with Crippen molar-refractivity contribution in [1.82, 2.24) is 19.2 Å². The lowest BCUT2D eigenvalue weighted by Crippen LogP contribution is -2.39. The molecule has 2 N–H and O–H groups in total. The van der Waals surface area contributed by atoms with E-state index in [2.05, 4.69) is 10.0 Å². The Hall–Kier alpha value is -2.24. The van der Waals surface area contributed by atoms with Crippen LogP contribution in [-0.4, -0.2) is 30.0 Å². The largest absolute Gasteiger partial charge is 0.350 e. The predicted octanol–water partition coefficient (Wildman–Crippen LogP) is -0.870. The number of amides is 1. The zero-order chi connectivity index (χ0) is 18.6. The molecule has 1 amide bonds. The molecular formula is C14H18N4O5S2. The van der Waals surface area contributed by atoms with Gasteiger partial charge in [0.1, 0.15) is 4.21 Å². The lowest BCUT2D eigenvalue weighted by atomic mass is 10.3. The lowest BCUT2D eigenvalue weighted by Gasteiger charge is -2.10. The SMILES string of the molecule is Cn1c(CNC(=O)CCNS(=O)(=O)c2cccs2)cc(=O)n(C)c1=O. The zero-order valence-electron chi connectivity index (χ0n) is 13.7. The normalized spacial score (nSPS) is 11.4. The van der Waals surface area contributed by atoms with Crippen LogP contribution in [0.2, 0.25) is 0 Å². The van der Waals surface area contributed by atoms with E-state index < -0.39 is 27.2 Å². The van der Waals surface area contributed by atoms with Gasteiger partial charge in [-0.25, -0.2) is 17.9 Å². The third kappa shape index (κ3) is 4.65. The monoisotopic (exact) mass is 386 g/mol. The molecule has 2 heterocycles. The van der Waals surface area contributed by atoms with Gasteiger partial charge in [0.2, 0.25) is 15.9 Å². The van der Waals surface area contributed by atoms with Crippen LogP contribution in [0.25, 0.3) is 0 Å². The molecule has 9 nitrogen and oxygen atoms in total. The van der Waals surface area contributed by atoms with Gasteiger partial charge < -0.3 is 5.32 Å². The van der Waals surface area contributed by atoms with E-state index in [0.29, 0.717) is 5.69 Å². The molecule has 0 aliphatic carbocycles. The van der Waals surface area contributed by atoms with Crippen molar-refractivity contribution in [3.63, 3.8) is 0 Å². The number of carbonyl (C=O) groups is 1. The van der Waals surface area contributed by atoms with Crippen molar-refractivity contribution < 1.29 is 13.2 Å². The molecule has 2 rings (SSSR count). The lowest BCUT2D eigenvalue weighted by molar-refractivity contribution is -0.121. The summed E-state index contributed by atoms with van der Waals surface area (Å²) >= 11 is 1.09. The molecule has 0 saturated heterocycles. The van der Waals surface area contributed by atoms with Crippen LogP contribution >= 0.6 is 11.3 Å². The van der Waals surface area contributed by atoms with Crippen LogP contribution < -0.4 is 21.3 Å². The van der Waals surface area contributed by atoms with Crippen molar-refractivity contribution in [2.75, 3.05) is 6.54 Å². The molecule has 0 saturated carbocycles. The van der Waals surface area contributed by atoms with E-state index in [1.54, 1.807) is 11.4 Å². The average Bonchev–Trinajstić information content (AvgIpc) is 3.10. The van der Waals surface area contributed by atoms with Gasteiger partial charge in [-0.15, -0.1) is 11.3 Å². The van der Waals surface area contributed by atoms with Crippen molar-refractivity contribution >= 4 is 27.3 Å². The van der Waals surface area contributed by atoms with Crippen molar-refractivity contribution in [1.29, 1.82) is 0 Å². The predicted molar refractivity (Wildman–Crippen MR) is 92.9 cm³/mol. The van der Waals surface area contributed by atoms with Crippen LogP contribution in [0.3, 0.4) is 0 Å². The van der Waals surface area contributed by atoms with Crippen LogP contribution in [0, 0.1) is 0 Å². The standard InChI is InChI=1S/C14H18N4O5S2/c1-17-10(8-12(20)18(2)14(17)21)9-15-11(19)5-6-16-25(22,23)13-4-3-7-24-13/h3-4,7-8,16H,5-6,9H2,1-2H3,(H,15,19). The molecule has 25 heavy (non-hydrogen) atoms. The van der Waals surface area contributed by atoms with Gasteiger partial charge in [-0.2, -0.15) is 0 Å². The molecule has 136 valence electrons. The molecule has 2 aromatic rings. The minimum absolute atomic E-state index is 0.00166. The van der Waals surface area contributed by atoms with Gasteiger partial charge >= 0.3 is 5.69 Å². The summed E-state index contributed by atoms with van der Waals surface area (Å²) in [6.45, 7) is -0.0557. The molecule has 0 aliphatic heterocycles.